The lowest BCUT2D eigenvalue weighted by molar-refractivity contribution is -0.385. The Labute approximate surface area is 168 Å². The van der Waals surface area contributed by atoms with Gasteiger partial charge >= 0.3 is 0 Å². The lowest BCUT2D eigenvalue weighted by Crippen LogP contribution is -2.03. The first-order valence-corrected chi connectivity index (χ1v) is 9.31. The number of para-hydroxylation sites is 1. The van der Waals surface area contributed by atoms with E-state index in [4.69, 9.17) is 16.3 Å². The molecule has 0 saturated carbocycles. The number of fused-ring (bicyclic) bond motifs is 1. The summed E-state index contributed by atoms with van der Waals surface area (Å²) >= 11 is 7.10. The minimum atomic E-state index is -0.558. The fourth-order valence-electron chi connectivity index (χ4n) is 2.72. The lowest BCUT2D eigenvalue weighted by atomic mass is 10.1. The molecule has 0 spiro atoms. The van der Waals surface area contributed by atoms with Gasteiger partial charge in [0.2, 0.25) is 5.78 Å². The Balaban J connectivity index is 1.73. The highest BCUT2D eigenvalue weighted by Crippen LogP contribution is 2.36. The van der Waals surface area contributed by atoms with E-state index in [0.29, 0.717) is 26.8 Å². The van der Waals surface area contributed by atoms with Gasteiger partial charge in [0, 0.05) is 22.7 Å². The van der Waals surface area contributed by atoms with Gasteiger partial charge in [0.15, 0.2) is 5.75 Å². The monoisotopic (exact) mass is 410 g/mol. The number of hydrogen-bond donors (Lipinski definition) is 0. The van der Waals surface area contributed by atoms with Gasteiger partial charge in [0.25, 0.3) is 5.69 Å². The molecular formula is C20H11ClN2O4S. The summed E-state index contributed by atoms with van der Waals surface area (Å²) in [5, 5.41) is 12.5. The number of ether oxygens (including phenoxy) is 1. The van der Waals surface area contributed by atoms with E-state index in [2.05, 4.69) is 4.98 Å². The smallest absolute Gasteiger partial charge is 0.280 e. The molecule has 8 heteroatoms. The molecule has 0 aliphatic rings. The Morgan fingerprint density at radius 2 is 1.86 bits per heavy atom. The Hall–Kier alpha value is -3.29. The van der Waals surface area contributed by atoms with E-state index in [1.54, 1.807) is 48.8 Å². The third kappa shape index (κ3) is 3.45. The topological polar surface area (TPSA) is 82.3 Å². The molecule has 138 valence electrons. The molecule has 6 nitrogen and oxygen atoms in total. The van der Waals surface area contributed by atoms with Crippen molar-refractivity contribution in [1.29, 1.82) is 0 Å². The van der Waals surface area contributed by atoms with Gasteiger partial charge in [-0.3, -0.25) is 19.9 Å². The molecule has 0 N–H and O–H groups in total. The molecule has 2 heterocycles. The number of carbonyl (C=O) groups excluding carboxylic acids is 1. The Morgan fingerprint density at radius 1 is 1.11 bits per heavy atom. The average molecular weight is 411 g/mol. The van der Waals surface area contributed by atoms with Crippen LogP contribution in [0.15, 0.2) is 67.0 Å². The quantitative estimate of drug-likeness (QED) is 0.233. The van der Waals surface area contributed by atoms with Gasteiger partial charge < -0.3 is 4.74 Å². The third-order valence-corrected chi connectivity index (χ3v) is 5.34. The number of rotatable bonds is 5. The molecule has 4 rings (SSSR count). The van der Waals surface area contributed by atoms with E-state index < -0.39 is 10.7 Å². The second kappa shape index (κ2) is 7.38. The molecule has 28 heavy (non-hydrogen) atoms. The summed E-state index contributed by atoms with van der Waals surface area (Å²) in [7, 11) is 0. The fraction of sp³-hybridized carbons (Fsp3) is 0. The van der Waals surface area contributed by atoms with Gasteiger partial charge in [-0.2, -0.15) is 0 Å². The van der Waals surface area contributed by atoms with E-state index >= 15 is 0 Å². The summed E-state index contributed by atoms with van der Waals surface area (Å²) in [6, 6.07) is 14.5. The number of nitrogens with zero attached hydrogens (tertiary/aromatic N) is 2. The maximum Gasteiger partial charge on any atom is 0.280 e. The first kappa shape index (κ1) is 18.1. The van der Waals surface area contributed by atoms with Gasteiger partial charge in [-0.15, -0.1) is 11.3 Å². The molecule has 0 saturated heterocycles. The molecule has 4 aromatic rings. The summed E-state index contributed by atoms with van der Waals surface area (Å²) in [6.07, 6.45) is 3.19. The first-order valence-electron chi connectivity index (χ1n) is 8.12. The Kier molecular flexibility index (Phi) is 4.77. The maximum atomic E-state index is 12.9. The minimum Gasteiger partial charge on any atom is -0.455 e. The molecule has 0 fully saturated rings. The summed E-state index contributed by atoms with van der Waals surface area (Å²) < 4.78 is 6.62. The molecule has 0 bridgehead atoms. The molecule has 0 atom stereocenters. The lowest BCUT2D eigenvalue weighted by Gasteiger charge is -2.06. The van der Waals surface area contributed by atoms with E-state index in [9.17, 15) is 14.9 Å². The van der Waals surface area contributed by atoms with Crippen LogP contribution in [-0.4, -0.2) is 15.7 Å². The number of thiophene rings is 1. The largest absolute Gasteiger partial charge is 0.455 e. The highest BCUT2D eigenvalue weighted by molar-refractivity contribution is 7.21. The zero-order valence-corrected chi connectivity index (χ0v) is 15.7. The van der Waals surface area contributed by atoms with E-state index in [1.807, 2.05) is 0 Å². The molecule has 2 aromatic heterocycles. The van der Waals surface area contributed by atoms with Crippen LogP contribution < -0.4 is 4.74 Å². The highest BCUT2D eigenvalue weighted by Gasteiger charge is 2.23. The van der Waals surface area contributed by atoms with Crippen molar-refractivity contribution >= 4 is 44.5 Å². The van der Waals surface area contributed by atoms with Crippen LogP contribution in [0.4, 0.5) is 5.69 Å². The van der Waals surface area contributed by atoms with Crippen LogP contribution in [0.2, 0.25) is 5.02 Å². The van der Waals surface area contributed by atoms with Gasteiger partial charge in [-0.1, -0.05) is 23.7 Å². The van der Waals surface area contributed by atoms with Crippen molar-refractivity contribution in [2.75, 3.05) is 0 Å². The van der Waals surface area contributed by atoms with Gasteiger partial charge in [0.1, 0.15) is 11.3 Å². The van der Waals surface area contributed by atoms with Crippen LogP contribution >= 0.6 is 22.9 Å². The molecule has 0 unspecified atom stereocenters. The van der Waals surface area contributed by atoms with Crippen molar-refractivity contribution in [3.63, 3.8) is 0 Å². The van der Waals surface area contributed by atoms with Crippen molar-refractivity contribution in [1.82, 2.24) is 4.98 Å². The van der Waals surface area contributed by atoms with E-state index in [-0.39, 0.29) is 11.3 Å². The third-order valence-electron chi connectivity index (χ3n) is 4.02. The fourth-order valence-corrected chi connectivity index (χ4v) is 3.84. The van der Waals surface area contributed by atoms with Crippen LogP contribution in [0, 0.1) is 10.1 Å². The van der Waals surface area contributed by atoms with E-state index in [1.165, 1.54) is 29.5 Å². The van der Waals surface area contributed by atoms with Crippen LogP contribution in [0.25, 0.3) is 10.1 Å². The van der Waals surface area contributed by atoms with Crippen LogP contribution in [0.5, 0.6) is 11.5 Å². The maximum absolute atomic E-state index is 12.9. The summed E-state index contributed by atoms with van der Waals surface area (Å²) in [4.78, 5) is 28.1. The van der Waals surface area contributed by atoms with Crippen LogP contribution in [0.1, 0.15) is 15.2 Å². The SMILES string of the molecule is O=C(c1cc2c(Oc3ccc(Cl)cc3)cncc2s1)c1ccccc1[N+](=O)[O-]. The minimum absolute atomic E-state index is 0.0483. The average Bonchev–Trinajstić information content (AvgIpc) is 3.14. The van der Waals surface area contributed by atoms with Gasteiger partial charge in [0.05, 0.1) is 20.7 Å². The van der Waals surface area contributed by atoms with Crippen molar-refractivity contribution in [2.24, 2.45) is 0 Å². The first-order chi connectivity index (χ1) is 13.5. The van der Waals surface area contributed by atoms with Crippen molar-refractivity contribution in [2.45, 2.75) is 0 Å². The number of carbonyl (C=O) groups is 1. The van der Waals surface area contributed by atoms with E-state index in [0.717, 1.165) is 4.70 Å². The molecule has 0 aliphatic heterocycles. The van der Waals surface area contributed by atoms with Crippen LogP contribution in [0.3, 0.4) is 0 Å². The standard InChI is InChI=1S/C20H11ClN2O4S/c21-12-5-7-13(8-6-12)27-17-10-22-11-19-15(17)9-18(28-19)20(24)14-3-1-2-4-16(14)23(25)26/h1-11H. The number of ketones is 1. The van der Waals surface area contributed by atoms with Gasteiger partial charge in [-0.05, 0) is 36.4 Å². The molecule has 0 radical (unpaired) electrons. The predicted octanol–water partition coefficient (Wildman–Crippen LogP) is 5.88. The number of pyridine rings is 1. The second-order valence-corrected chi connectivity index (χ2v) is 7.34. The molecule has 0 amide bonds. The number of nitro benzene ring substituents is 1. The molecule has 2 aromatic carbocycles. The summed E-state index contributed by atoms with van der Waals surface area (Å²) in [5.74, 6) is 0.653. The Morgan fingerprint density at radius 3 is 2.61 bits per heavy atom. The number of benzene rings is 2. The Bertz CT molecular complexity index is 1200. The number of nitro groups is 1. The van der Waals surface area contributed by atoms with Crippen molar-refractivity contribution in [3.05, 3.63) is 92.6 Å². The number of aromatic nitrogens is 1. The van der Waals surface area contributed by atoms with Crippen molar-refractivity contribution < 1.29 is 14.5 Å². The molecular weight excluding hydrogens is 400 g/mol. The summed E-state index contributed by atoms with van der Waals surface area (Å²) in [6.45, 7) is 0. The van der Waals surface area contributed by atoms with Crippen molar-refractivity contribution in [3.8, 4) is 11.5 Å². The number of hydrogen-bond acceptors (Lipinski definition) is 6. The zero-order valence-electron chi connectivity index (χ0n) is 14.2. The summed E-state index contributed by atoms with van der Waals surface area (Å²) in [5.41, 5.74) is -0.173. The second-order valence-electron chi connectivity index (χ2n) is 5.82. The van der Waals surface area contributed by atoms with Gasteiger partial charge in [-0.25, -0.2) is 0 Å². The zero-order chi connectivity index (χ0) is 19.7. The highest BCUT2D eigenvalue weighted by atomic mass is 35.5. The normalized spacial score (nSPS) is 10.8. The van der Waals surface area contributed by atoms with Crippen LogP contribution in [-0.2, 0) is 0 Å². The molecule has 0 aliphatic carbocycles. The predicted molar refractivity (Wildman–Crippen MR) is 108 cm³/mol. The number of halogens is 1.